The number of anilines is 1. The maximum atomic E-state index is 11.8. The fraction of sp³-hybridized carbons (Fsp3) is 0.524. The van der Waals surface area contributed by atoms with Crippen molar-refractivity contribution in [3.05, 3.63) is 48.3 Å². The molecule has 1 aliphatic heterocycles. The third kappa shape index (κ3) is 5.35. The van der Waals surface area contributed by atoms with E-state index in [1.54, 1.807) is 30.5 Å². The van der Waals surface area contributed by atoms with Gasteiger partial charge in [0.15, 0.2) is 9.84 Å². The van der Waals surface area contributed by atoms with Crippen LogP contribution < -0.4 is 26.4 Å². The number of hydrogen-bond acceptors (Lipinski definition) is 5. The molecule has 0 amide bonds. The summed E-state index contributed by atoms with van der Waals surface area (Å²) < 4.78 is 25.4. The molecule has 0 aliphatic carbocycles. The van der Waals surface area contributed by atoms with Crippen LogP contribution in [0.4, 0.5) is 5.95 Å². The van der Waals surface area contributed by atoms with E-state index in [4.69, 9.17) is 0 Å². The number of sulfone groups is 1. The van der Waals surface area contributed by atoms with E-state index in [1.807, 2.05) is 21.7 Å². The topological polar surface area (TPSA) is 74.4 Å². The van der Waals surface area contributed by atoms with E-state index in [0.29, 0.717) is 18.7 Å². The van der Waals surface area contributed by atoms with Gasteiger partial charge in [-0.1, -0.05) is 56.1 Å². The van der Waals surface area contributed by atoms with Gasteiger partial charge in [-0.3, -0.25) is 0 Å². The lowest BCUT2D eigenvalue weighted by Gasteiger charge is -2.28. The highest BCUT2D eigenvalue weighted by Gasteiger charge is 2.51. The second-order valence-corrected chi connectivity index (χ2v) is 9.60. The summed E-state index contributed by atoms with van der Waals surface area (Å²) in [5.74, 6) is 0.741. The highest BCUT2D eigenvalue weighted by atomic mass is 79.9. The predicted molar refractivity (Wildman–Crippen MR) is 109 cm³/mol. The monoisotopic (exact) mass is 483 g/mol. The number of halogens is 1. The molecule has 0 saturated carbocycles. The first-order chi connectivity index (χ1) is 13.4. The summed E-state index contributed by atoms with van der Waals surface area (Å²) in [6, 6.07) is 8.39. The van der Waals surface area contributed by atoms with Crippen molar-refractivity contribution in [3.63, 3.8) is 0 Å². The molecular weight excluding hydrogens is 454 g/mol. The van der Waals surface area contributed by atoms with Gasteiger partial charge in [0.25, 0.3) is 0 Å². The van der Waals surface area contributed by atoms with Gasteiger partial charge in [-0.05, 0) is 18.6 Å². The van der Waals surface area contributed by atoms with Crippen LogP contribution in [-0.2, 0) is 22.1 Å². The van der Waals surface area contributed by atoms with Gasteiger partial charge in [0.05, 0.1) is 17.6 Å². The molecule has 2 heterocycles. The van der Waals surface area contributed by atoms with Crippen LogP contribution in [0.2, 0.25) is 0 Å². The molecule has 8 heteroatoms. The second-order valence-electron chi connectivity index (χ2n) is 7.58. The third-order valence-corrected chi connectivity index (χ3v) is 6.49. The lowest BCUT2D eigenvalue weighted by atomic mass is 10.0. The van der Waals surface area contributed by atoms with Crippen molar-refractivity contribution < 1.29 is 35.1 Å². The van der Waals surface area contributed by atoms with E-state index in [2.05, 4.69) is 11.9 Å². The van der Waals surface area contributed by atoms with Gasteiger partial charge in [-0.25, -0.2) is 17.9 Å². The smallest absolute Gasteiger partial charge is 0.396 e. The zero-order valence-corrected chi connectivity index (χ0v) is 19.5. The third-order valence-electron chi connectivity index (χ3n) is 5.36. The molecule has 1 aliphatic rings. The van der Waals surface area contributed by atoms with Crippen LogP contribution in [0.15, 0.2) is 47.6 Å². The summed E-state index contributed by atoms with van der Waals surface area (Å²) in [6.45, 7) is 3.27. The van der Waals surface area contributed by atoms with E-state index < -0.39 is 15.6 Å². The fourth-order valence-corrected chi connectivity index (χ4v) is 4.41. The van der Waals surface area contributed by atoms with Gasteiger partial charge >= 0.3 is 5.95 Å². The molecule has 1 aromatic heterocycles. The minimum absolute atomic E-state index is 0. The summed E-state index contributed by atoms with van der Waals surface area (Å²) in [5.41, 5.74) is -0.558. The van der Waals surface area contributed by atoms with Crippen LogP contribution >= 0.6 is 0 Å². The molecule has 6 nitrogen and oxygen atoms in total. The van der Waals surface area contributed by atoms with Crippen molar-refractivity contribution in [2.75, 3.05) is 17.7 Å². The van der Waals surface area contributed by atoms with Gasteiger partial charge in [0.1, 0.15) is 12.7 Å². The zero-order valence-electron chi connectivity index (χ0n) is 17.1. The second kappa shape index (κ2) is 10.00. The molecule has 1 aromatic carbocycles. The van der Waals surface area contributed by atoms with Crippen LogP contribution in [0, 0.1) is 0 Å². The first-order valence-corrected chi connectivity index (χ1v) is 11.9. The molecule has 1 atom stereocenters. The standard InChI is InChI=1S/C21H30N3O3S.BrH/c1-3-4-5-6-7-8-16-24-20-22-14-9-15-23(20)17-21(24,25)18-10-12-19(13-11-18)28(2,26)27;/h9-15,25H,3-8,16-17H2,1-2H3;1H/q+1;/p-1. The Morgan fingerprint density at radius 1 is 1.14 bits per heavy atom. The van der Waals surface area contributed by atoms with Crippen LogP contribution in [0.3, 0.4) is 0 Å². The Hall–Kier alpha value is -1.51. The van der Waals surface area contributed by atoms with Crippen molar-refractivity contribution in [1.82, 2.24) is 4.98 Å². The van der Waals surface area contributed by atoms with Crippen LogP contribution in [-0.4, -0.2) is 31.3 Å². The Bertz CT molecular complexity index is 906. The Balaban J connectivity index is 0.00000300. The van der Waals surface area contributed by atoms with Crippen molar-refractivity contribution in [1.29, 1.82) is 0 Å². The van der Waals surface area contributed by atoms with Gasteiger partial charge in [-0.15, -0.1) is 0 Å². The van der Waals surface area contributed by atoms with Crippen LogP contribution in [0.25, 0.3) is 0 Å². The fourth-order valence-electron chi connectivity index (χ4n) is 3.78. The molecule has 2 aromatic rings. The number of fused-ring (bicyclic) bond motifs is 1. The lowest BCUT2D eigenvalue weighted by Crippen LogP contribution is -3.00. The summed E-state index contributed by atoms with van der Waals surface area (Å²) >= 11 is 0. The number of aliphatic hydroxyl groups is 1. The number of rotatable bonds is 9. The average Bonchev–Trinajstić information content (AvgIpc) is 2.97. The lowest BCUT2D eigenvalue weighted by molar-refractivity contribution is -0.685. The molecule has 1 N–H and O–H groups in total. The molecule has 0 radical (unpaired) electrons. The largest absolute Gasteiger partial charge is 1.00 e. The van der Waals surface area contributed by atoms with E-state index >= 15 is 0 Å². The zero-order chi connectivity index (χ0) is 20.2. The number of unbranched alkanes of at least 4 members (excludes halogenated alkanes) is 5. The number of nitrogens with zero attached hydrogens (tertiary/aromatic N) is 3. The molecule has 160 valence electrons. The Morgan fingerprint density at radius 3 is 2.45 bits per heavy atom. The summed E-state index contributed by atoms with van der Waals surface area (Å²) in [6.07, 6.45) is 11.9. The average molecular weight is 484 g/mol. The van der Waals surface area contributed by atoms with E-state index in [9.17, 15) is 13.5 Å². The van der Waals surface area contributed by atoms with Crippen molar-refractivity contribution in [3.8, 4) is 0 Å². The van der Waals surface area contributed by atoms with Crippen LogP contribution in [0.5, 0.6) is 0 Å². The molecule has 0 spiro atoms. The molecule has 29 heavy (non-hydrogen) atoms. The first-order valence-electron chi connectivity index (χ1n) is 10.0. The minimum Gasteiger partial charge on any atom is -1.00 e. The Labute approximate surface area is 184 Å². The SMILES string of the molecule is CCCCCCCCN1c2nccc[n+]2CC1(O)c1ccc(S(C)(=O)=O)cc1.[Br-]. The van der Waals surface area contributed by atoms with Gasteiger partial charge < -0.3 is 22.1 Å². The normalized spacial score (nSPS) is 18.4. The molecule has 0 bridgehead atoms. The molecule has 0 fully saturated rings. The first kappa shape index (κ1) is 23.8. The minimum atomic E-state index is -3.27. The van der Waals surface area contributed by atoms with Gasteiger partial charge in [-0.2, -0.15) is 0 Å². The summed E-state index contributed by atoms with van der Waals surface area (Å²) in [4.78, 5) is 6.68. The predicted octanol–water partition coefficient (Wildman–Crippen LogP) is -0.198. The van der Waals surface area contributed by atoms with Crippen LogP contribution in [0.1, 0.15) is 51.0 Å². The summed E-state index contributed by atoms with van der Waals surface area (Å²) in [7, 11) is -3.27. The molecule has 1 unspecified atom stereocenters. The van der Waals surface area contributed by atoms with Crippen molar-refractivity contribution in [2.45, 2.75) is 62.6 Å². The number of hydrogen-bond donors (Lipinski definition) is 1. The van der Waals surface area contributed by atoms with E-state index in [0.717, 1.165) is 18.8 Å². The van der Waals surface area contributed by atoms with Gasteiger partial charge in [0.2, 0.25) is 5.72 Å². The molecule has 3 rings (SSSR count). The number of benzene rings is 1. The highest BCUT2D eigenvalue weighted by molar-refractivity contribution is 7.90. The summed E-state index contributed by atoms with van der Waals surface area (Å²) in [5, 5.41) is 11.6. The maximum Gasteiger partial charge on any atom is 0.396 e. The quantitative estimate of drug-likeness (QED) is 0.395. The van der Waals surface area contributed by atoms with E-state index in [-0.39, 0.29) is 21.9 Å². The highest BCUT2D eigenvalue weighted by Crippen LogP contribution is 2.34. The van der Waals surface area contributed by atoms with Crippen molar-refractivity contribution in [2.24, 2.45) is 0 Å². The maximum absolute atomic E-state index is 11.8. The Kier molecular flexibility index (Phi) is 8.19. The Morgan fingerprint density at radius 2 is 1.79 bits per heavy atom. The number of aromatic nitrogens is 2. The van der Waals surface area contributed by atoms with Crippen molar-refractivity contribution >= 4 is 15.8 Å². The van der Waals surface area contributed by atoms with Gasteiger partial charge in [0, 0.05) is 17.9 Å². The van der Waals surface area contributed by atoms with E-state index in [1.165, 1.54) is 31.9 Å². The molecular formula is C21H30BrN3O3S. The molecule has 0 saturated heterocycles.